The molecule has 2 aromatic rings. The Morgan fingerprint density at radius 3 is 2.37 bits per heavy atom. The highest BCUT2D eigenvalue weighted by molar-refractivity contribution is 7.89. The summed E-state index contributed by atoms with van der Waals surface area (Å²) in [5.41, 5.74) is 3.74. The molecule has 0 aliphatic carbocycles. The summed E-state index contributed by atoms with van der Waals surface area (Å²) in [6, 6.07) is 10.5. The third-order valence-corrected chi connectivity index (χ3v) is 6.60. The summed E-state index contributed by atoms with van der Waals surface area (Å²) in [6.45, 7) is 7.09. The van der Waals surface area contributed by atoms with E-state index in [9.17, 15) is 13.2 Å². The number of carbonyl (C=O) groups is 1. The molecule has 2 aromatic carbocycles. The second kappa shape index (κ2) is 7.80. The Morgan fingerprint density at radius 2 is 1.67 bits per heavy atom. The number of anilines is 1. The van der Waals surface area contributed by atoms with Crippen LogP contribution in [0, 0.1) is 20.8 Å². The summed E-state index contributed by atoms with van der Waals surface area (Å²) in [6.07, 6.45) is 0. The zero-order valence-electron chi connectivity index (χ0n) is 15.8. The van der Waals surface area contributed by atoms with Crippen molar-refractivity contribution in [3.63, 3.8) is 0 Å². The molecule has 0 unspecified atom stereocenters. The number of nitrogens with zero attached hydrogens (tertiary/aromatic N) is 1. The van der Waals surface area contributed by atoms with Gasteiger partial charge in [-0.3, -0.25) is 4.79 Å². The van der Waals surface area contributed by atoms with Crippen molar-refractivity contribution in [2.45, 2.75) is 25.7 Å². The van der Waals surface area contributed by atoms with Crippen LogP contribution < -0.4 is 5.32 Å². The van der Waals surface area contributed by atoms with Crippen molar-refractivity contribution in [2.24, 2.45) is 0 Å². The molecule has 1 saturated heterocycles. The van der Waals surface area contributed by atoms with Crippen LogP contribution in [0.15, 0.2) is 41.3 Å². The van der Waals surface area contributed by atoms with Crippen LogP contribution in [0.5, 0.6) is 0 Å². The molecule has 7 heteroatoms. The minimum absolute atomic E-state index is 0.172. The number of aryl methyl sites for hydroxylation is 3. The maximum atomic E-state index is 12.9. The summed E-state index contributed by atoms with van der Waals surface area (Å²) in [7, 11) is -3.61. The number of morpholine rings is 1. The maximum Gasteiger partial charge on any atom is 0.255 e. The van der Waals surface area contributed by atoms with Gasteiger partial charge in [-0.1, -0.05) is 23.8 Å². The van der Waals surface area contributed by atoms with Crippen LogP contribution in [0.4, 0.5) is 5.69 Å². The molecule has 1 N–H and O–H groups in total. The number of benzene rings is 2. The van der Waals surface area contributed by atoms with Crippen LogP contribution in [0.2, 0.25) is 0 Å². The van der Waals surface area contributed by atoms with Gasteiger partial charge in [-0.15, -0.1) is 0 Å². The highest BCUT2D eigenvalue weighted by atomic mass is 32.2. The molecule has 144 valence electrons. The lowest BCUT2D eigenvalue weighted by atomic mass is 10.0. The van der Waals surface area contributed by atoms with Gasteiger partial charge in [0.25, 0.3) is 5.91 Å². The summed E-state index contributed by atoms with van der Waals surface area (Å²) in [4.78, 5) is 12.9. The molecule has 0 spiro atoms. The number of nitrogens with one attached hydrogen (secondary N) is 1. The standard InChI is InChI=1S/C20H24N2O4S/c1-14-4-5-15(2)18(12-14)20(23)21-19-13-17(7-6-16(19)3)27(24,25)22-8-10-26-11-9-22/h4-7,12-13H,8-11H2,1-3H3,(H,21,23). The average Bonchev–Trinajstić information content (AvgIpc) is 2.66. The molecule has 0 radical (unpaired) electrons. The topological polar surface area (TPSA) is 75.7 Å². The Kier molecular flexibility index (Phi) is 5.64. The Hall–Kier alpha value is -2.22. The normalized spacial score (nSPS) is 15.5. The molecule has 1 aliphatic heterocycles. The smallest absolute Gasteiger partial charge is 0.255 e. The molecule has 0 bridgehead atoms. The van der Waals surface area contributed by atoms with E-state index in [4.69, 9.17) is 4.74 Å². The van der Waals surface area contributed by atoms with Crippen molar-refractivity contribution in [1.29, 1.82) is 0 Å². The Balaban J connectivity index is 1.89. The molecule has 1 fully saturated rings. The van der Waals surface area contributed by atoms with Crippen molar-refractivity contribution in [2.75, 3.05) is 31.6 Å². The largest absolute Gasteiger partial charge is 0.379 e. The number of hydrogen-bond donors (Lipinski definition) is 1. The van der Waals surface area contributed by atoms with E-state index in [-0.39, 0.29) is 10.8 Å². The minimum atomic E-state index is -3.61. The van der Waals surface area contributed by atoms with Gasteiger partial charge in [0.15, 0.2) is 0 Å². The second-order valence-electron chi connectivity index (χ2n) is 6.77. The Bertz CT molecular complexity index is 964. The summed E-state index contributed by atoms with van der Waals surface area (Å²) < 4.78 is 32.4. The number of amides is 1. The highest BCUT2D eigenvalue weighted by Gasteiger charge is 2.27. The first-order valence-electron chi connectivity index (χ1n) is 8.86. The molecule has 1 aliphatic rings. The average molecular weight is 388 g/mol. The predicted octanol–water partition coefficient (Wildman–Crippen LogP) is 2.89. The van der Waals surface area contributed by atoms with Gasteiger partial charge >= 0.3 is 0 Å². The van der Waals surface area contributed by atoms with E-state index >= 15 is 0 Å². The van der Waals surface area contributed by atoms with Crippen LogP contribution in [0.3, 0.4) is 0 Å². The summed E-state index contributed by atoms with van der Waals surface area (Å²) in [5.74, 6) is -0.250. The molecule has 1 heterocycles. The van der Waals surface area contributed by atoms with E-state index in [1.807, 2.05) is 39.0 Å². The van der Waals surface area contributed by atoms with Crippen molar-refractivity contribution in [3.05, 3.63) is 58.7 Å². The number of ether oxygens (including phenoxy) is 1. The quantitative estimate of drug-likeness (QED) is 0.874. The third-order valence-electron chi connectivity index (χ3n) is 4.70. The van der Waals surface area contributed by atoms with Crippen LogP contribution >= 0.6 is 0 Å². The molecular formula is C20H24N2O4S. The van der Waals surface area contributed by atoms with Gasteiger partial charge in [0, 0.05) is 24.3 Å². The zero-order chi connectivity index (χ0) is 19.6. The first kappa shape index (κ1) is 19.5. The van der Waals surface area contributed by atoms with Gasteiger partial charge in [0.1, 0.15) is 0 Å². The van der Waals surface area contributed by atoms with Crippen LogP contribution in [0.25, 0.3) is 0 Å². The third kappa shape index (κ3) is 4.21. The summed E-state index contributed by atoms with van der Waals surface area (Å²) >= 11 is 0. The highest BCUT2D eigenvalue weighted by Crippen LogP contribution is 2.24. The van der Waals surface area contributed by atoms with E-state index in [0.29, 0.717) is 37.6 Å². The molecule has 6 nitrogen and oxygen atoms in total. The predicted molar refractivity (Wildman–Crippen MR) is 105 cm³/mol. The minimum Gasteiger partial charge on any atom is -0.379 e. The van der Waals surface area contributed by atoms with Gasteiger partial charge in [-0.05, 0) is 50.1 Å². The van der Waals surface area contributed by atoms with Crippen LogP contribution in [-0.4, -0.2) is 44.9 Å². The fraction of sp³-hybridized carbons (Fsp3) is 0.350. The molecule has 0 saturated carbocycles. The van der Waals surface area contributed by atoms with Crippen molar-refractivity contribution >= 4 is 21.6 Å². The fourth-order valence-electron chi connectivity index (χ4n) is 3.00. The molecule has 0 aromatic heterocycles. The Morgan fingerprint density at radius 1 is 1.00 bits per heavy atom. The first-order valence-corrected chi connectivity index (χ1v) is 10.3. The molecule has 3 rings (SSSR count). The summed E-state index contributed by atoms with van der Waals surface area (Å²) in [5, 5.41) is 2.86. The van der Waals surface area contributed by atoms with E-state index < -0.39 is 10.0 Å². The zero-order valence-corrected chi connectivity index (χ0v) is 16.6. The van der Waals surface area contributed by atoms with Crippen molar-refractivity contribution < 1.29 is 17.9 Å². The van der Waals surface area contributed by atoms with Gasteiger partial charge in [0.2, 0.25) is 10.0 Å². The molecular weight excluding hydrogens is 364 g/mol. The van der Waals surface area contributed by atoms with Gasteiger partial charge in [-0.25, -0.2) is 8.42 Å². The van der Waals surface area contributed by atoms with Crippen molar-refractivity contribution in [1.82, 2.24) is 4.31 Å². The lowest BCUT2D eigenvalue weighted by Gasteiger charge is -2.26. The number of rotatable bonds is 4. The van der Waals surface area contributed by atoms with E-state index in [2.05, 4.69) is 5.32 Å². The lowest BCUT2D eigenvalue weighted by Crippen LogP contribution is -2.40. The Labute approximate surface area is 160 Å². The molecule has 27 heavy (non-hydrogen) atoms. The van der Waals surface area contributed by atoms with E-state index in [0.717, 1.165) is 16.7 Å². The monoisotopic (exact) mass is 388 g/mol. The van der Waals surface area contributed by atoms with Crippen LogP contribution in [0.1, 0.15) is 27.0 Å². The lowest BCUT2D eigenvalue weighted by molar-refractivity contribution is 0.0730. The molecule has 0 atom stereocenters. The SMILES string of the molecule is Cc1ccc(C)c(C(=O)Nc2cc(S(=O)(=O)N3CCOCC3)ccc2C)c1. The second-order valence-corrected chi connectivity index (χ2v) is 8.70. The number of carbonyl (C=O) groups excluding carboxylic acids is 1. The maximum absolute atomic E-state index is 12.9. The van der Waals surface area contributed by atoms with E-state index in [1.165, 1.54) is 10.4 Å². The van der Waals surface area contributed by atoms with Crippen LogP contribution in [-0.2, 0) is 14.8 Å². The number of hydrogen-bond acceptors (Lipinski definition) is 4. The van der Waals surface area contributed by atoms with Crippen molar-refractivity contribution in [3.8, 4) is 0 Å². The van der Waals surface area contributed by atoms with Gasteiger partial charge < -0.3 is 10.1 Å². The van der Waals surface area contributed by atoms with Gasteiger partial charge in [-0.2, -0.15) is 4.31 Å². The van der Waals surface area contributed by atoms with Gasteiger partial charge in [0.05, 0.1) is 18.1 Å². The molecule has 1 amide bonds. The van der Waals surface area contributed by atoms with E-state index in [1.54, 1.807) is 12.1 Å². The fourth-order valence-corrected chi connectivity index (χ4v) is 4.44. The number of sulfonamides is 1. The first-order chi connectivity index (χ1) is 12.8.